The summed E-state index contributed by atoms with van der Waals surface area (Å²) < 4.78 is 5.65. The molecule has 3 atom stereocenters. The molecule has 2 rings (SSSR count). The Hall–Kier alpha value is -1.46. The summed E-state index contributed by atoms with van der Waals surface area (Å²) in [6.45, 7) is 5.92. The molecule has 5 nitrogen and oxygen atoms in total. The molecular weight excluding hydrogens is 256 g/mol. The van der Waals surface area contributed by atoms with Gasteiger partial charge in [-0.3, -0.25) is 10.1 Å². The first-order valence-electron chi connectivity index (χ1n) is 7.18. The van der Waals surface area contributed by atoms with Gasteiger partial charge in [0, 0.05) is 24.1 Å². The fraction of sp³-hybridized carbons (Fsp3) is 0.600. The second-order valence-corrected chi connectivity index (χ2v) is 5.43. The highest BCUT2D eigenvalue weighted by Crippen LogP contribution is 2.25. The number of ether oxygens (including phenoxy) is 1. The zero-order valence-corrected chi connectivity index (χ0v) is 12.0. The quantitative estimate of drug-likeness (QED) is 0.641. The molecule has 0 bridgehead atoms. The van der Waals surface area contributed by atoms with E-state index in [2.05, 4.69) is 19.2 Å². The van der Waals surface area contributed by atoms with Crippen LogP contribution in [-0.2, 0) is 11.2 Å². The number of hydrogen-bond acceptors (Lipinski definition) is 4. The molecule has 0 amide bonds. The molecule has 20 heavy (non-hydrogen) atoms. The highest BCUT2D eigenvalue weighted by Gasteiger charge is 2.29. The maximum atomic E-state index is 10.7. The zero-order chi connectivity index (χ0) is 14.5. The molecule has 3 unspecified atom stereocenters. The van der Waals surface area contributed by atoms with Crippen molar-refractivity contribution >= 4 is 5.69 Å². The fourth-order valence-corrected chi connectivity index (χ4v) is 2.81. The number of likely N-dealkylation sites (N-methyl/N-ethyl adjacent to an activating group) is 1. The Balaban J connectivity index is 2.02. The van der Waals surface area contributed by atoms with Gasteiger partial charge in [0.15, 0.2) is 0 Å². The maximum Gasteiger partial charge on any atom is 0.269 e. The van der Waals surface area contributed by atoms with E-state index >= 15 is 0 Å². The van der Waals surface area contributed by atoms with Crippen LogP contribution in [0.2, 0.25) is 0 Å². The summed E-state index contributed by atoms with van der Waals surface area (Å²) in [5.74, 6) is 0.514. The highest BCUT2D eigenvalue weighted by atomic mass is 16.6. The van der Waals surface area contributed by atoms with Gasteiger partial charge in [0.05, 0.1) is 17.6 Å². The van der Waals surface area contributed by atoms with Crippen molar-refractivity contribution in [3.63, 3.8) is 0 Å². The lowest BCUT2D eigenvalue weighted by Gasteiger charge is -2.23. The van der Waals surface area contributed by atoms with Crippen LogP contribution in [0.25, 0.3) is 0 Å². The first-order chi connectivity index (χ1) is 9.60. The molecule has 1 aromatic rings. The largest absolute Gasteiger partial charge is 0.378 e. The van der Waals surface area contributed by atoms with E-state index in [1.54, 1.807) is 12.1 Å². The third-order valence-electron chi connectivity index (χ3n) is 3.87. The summed E-state index contributed by atoms with van der Waals surface area (Å²) >= 11 is 0. The molecule has 0 aliphatic carbocycles. The molecule has 0 saturated carbocycles. The van der Waals surface area contributed by atoms with Gasteiger partial charge in [-0.2, -0.15) is 0 Å². The van der Waals surface area contributed by atoms with Gasteiger partial charge in [-0.05, 0) is 31.9 Å². The summed E-state index contributed by atoms with van der Waals surface area (Å²) in [5, 5.41) is 14.2. The van der Waals surface area contributed by atoms with E-state index in [9.17, 15) is 10.1 Å². The summed E-state index contributed by atoms with van der Waals surface area (Å²) in [5.41, 5.74) is 1.27. The maximum absolute atomic E-state index is 10.7. The standard InChI is InChI=1S/C15H22N2O3/c1-3-16-15(13-8-11(2)20-10-13)9-12-4-6-14(7-5-12)17(18)19/h4-7,11,13,15-16H,3,8-10H2,1-2H3. The lowest BCUT2D eigenvalue weighted by molar-refractivity contribution is -0.384. The van der Waals surface area contributed by atoms with Crippen LogP contribution in [0.15, 0.2) is 24.3 Å². The average Bonchev–Trinajstić information content (AvgIpc) is 2.85. The van der Waals surface area contributed by atoms with Crippen LogP contribution >= 0.6 is 0 Å². The van der Waals surface area contributed by atoms with E-state index in [1.807, 2.05) is 12.1 Å². The van der Waals surface area contributed by atoms with E-state index in [4.69, 9.17) is 4.74 Å². The minimum atomic E-state index is -0.363. The minimum Gasteiger partial charge on any atom is -0.378 e. The number of nitrogens with one attached hydrogen (secondary N) is 1. The summed E-state index contributed by atoms with van der Waals surface area (Å²) in [4.78, 5) is 10.3. The lowest BCUT2D eigenvalue weighted by atomic mass is 9.91. The first kappa shape index (κ1) is 14.9. The van der Waals surface area contributed by atoms with Crippen molar-refractivity contribution in [1.29, 1.82) is 0 Å². The Kier molecular flexibility index (Phi) is 5.09. The van der Waals surface area contributed by atoms with Gasteiger partial charge < -0.3 is 10.1 Å². The smallest absolute Gasteiger partial charge is 0.269 e. The van der Waals surface area contributed by atoms with Gasteiger partial charge in [-0.15, -0.1) is 0 Å². The number of nitro groups is 1. The van der Waals surface area contributed by atoms with Gasteiger partial charge in [0.2, 0.25) is 0 Å². The second-order valence-electron chi connectivity index (χ2n) is 5.43. The SMILES string of the molecule is CCNC(Cc1ccc([N+](=O)[O-])cc1)C1COC(C)C1. The Labute approximate surface area is 119 Å². The van der Waals surface area contributed by atoms with Crippen LogP contribution < -0.4 is 5.32 Å². The predicted molar refractivity (Wildman–Crippen MR) is 77.8 cm³/mol. The Morgan fingerprint density at radius 2 is 2.15 bits per heavy atom. The number of rotatable bonds is 6. The van der Waals surface area contributed by atoms with Crippen molar-refractivity contribution < 1.29 is 9.66 Å². The van der Waals surface area contributed by atoms with E-state index in [-0.39, 0.29) is 10.6 Å². The van der Waals surface area contributed by atoms with Crippen molar-refractivity contribution in [1.82, 2.24) is 5.32 Å². The van der Waals surface area contributed by atoms with Crippen molar-refractivity contribution in [2.75, 3.05) is 13.2 Å². The molecule has 110 valence electrons. The minimum absolute atomic E-state index is 0.145. The summed E-state index contributed by atoms with van der Waals surface area (Å²) in [6.07, 6.45) is 2.29. The predicted octanol–water partition coefficient (Wildman–Crippen LogP) is 2.54. The number of hydrogen-bond donors (Lipinski definition) is 1. The van der Waals surface area contributed by atoms with Crippen molar-refractivity contribution in [2.45, 2.75) is 38.8 Å². The number of non-ortho nitro benzene ring substituents is 1. The summed E-state index contributed by atoms with van der Waals surface area (Å²) in [7, 11) is 0. The summed E-state index contributed by atoms with van der Waals surface area (Å²) in [6, 6.07) is 7.22. The molecule has 0 aromatic heterocycles. The van der Waals surface area contributed by atoms with Crippen molar-refractivity contribution in [3.05, 3.63) is 39.9 Å². The van der Waals surface area contributed by atoms with Gasteiger partial charge >= 0.3 is 0 Å². The van der Waals surface area contributed by atoms with Crippen LogP contribution in [0.3, 0.4) is 0 Å². The molecule has 1 aliphatic heterocycles. The van der Waals surface area contributed by atoms with Gasteiger partial charge in [-0.1, -0.05) is 19.1 Å². The Morgan fingerprint density at radius 3 is 2.65 bits per heavy atom. The molecule has 0 radical (unpaired) electrons. The monoisotopic (exact) mass is 278 g/mol. The first-order valence-corrected chi connectivity index (χ1v) is 7.18. The van der Waals surface area contributed by atoms with Crippen LogP contribution in [0, 0.1) is 16.0 Å². The number of nitrogens with zero attached hydrogens (tertiary/aromatic N) is 1. The average molecular weight is 278 g/mol. The molecule has 1 saturated heterocycles. The fourth-order valence-electron chi connectivity index (χ4n) is 2.81. The van der Waals surface area contributed by atoms with Gasteiger partial charge in [-0.25, -0.2) is 0 Å². The number of nitro benzene ring substituents is 1. The van der Waals surface area contributed by atoms with Crippen LogP contribution in [0.4, 0.5) is 5.69 Å². The Bertz CT molecular complexity index is 447. The normalized spacial score (nSPS) is 23.7. The molecule has 1 N–H and O–H groups in total. The van der Waals surface area contributed by atoms with E-state index in [0.29, 0.717) is 18.1 Å². The van der Waals surface area contributed by atoms with Crippen molar-refractivity contribution in [2.24, 2.45) is 5.92 Å². The van der Waals surface area contributed by atoms with Crippen molar-refractivity contribution in [3.8, 4) is 0 Å². The second kappa shape index (κ2) is 6.81. The highest BCUT2D eigenvalue weighted by molar-refractivity contribution is 5.33. The topological polar surface area (TPSA) is 64.4 Å². The van der Waals surface area contributed by atoms with E-state index in [0.717, 1.165) is 31.6 Å². The molecular formula is C15H22N2O3. The lowest BCUT2D eigenvalue weighted by Crippen LogP contribution is -2.38. The van der Waals surface area contributed by atoms with Crippen LogP contribution in [0.1, 0.15) is 25.8 Å². The van der Waals surface area contributed by atoms with Gasteiger partial charge in [0.25, 0.3) is 5.69 Å². The molecule has 1 aromatic carbocycles. The third-order valence-corrected chi connectivity index (χ3v) is 3.87. The molecule has 1 aliphatic rings. The van der Waals surface area contributed by atoms with Crippen LogP contribution in [0.5, 0.6) is 0 Å². The molecule has 1 heterocycles. The van der Waals surface area contributed by atoms with Gasteiger partial charge in [0.1, 0.15) is 0 Å². The zero-order valence-electron chi connectivity index (χ0n) is 12.0. The molecule has 0 spiro atoms. The molecule has 1 fully saturated rings. The van der Waals surface area contributed by atoms with E-state index in [1.165, 1.54) is 0 Å². The van der Waals surface area contributed by atoms with Crippen LogP contribution in [-0.4, -0.2) is 30.2 Å². The Morgan fingerprint density at radius 1 is 1.45 bits per heavy atom. The molecule has 5 heteroatoms. The number of benzene rings is 1. The third kappa shape index (κ3) is 3.77. The van der Waals surface area contributed by atoms with E-state index < -0.39 is 0 Å².